The third kappa shape index (κ3) is 5.99. The Bertz CT molecular complexity index is 1240. The van der Waals surface area contributed by atoms with E-state index < -0.39 is 27.5 Å². The van der Waals surface area contributed by atoms with Gasteiger partial charge in [-0.2, -0.15) is 0 Å². The van der Waals surface area contributed by atoms with Crippen LogP contribution in [0.2, 0.25) is 5.02 Å². The number of anilines is 1. The molecule has 0 radical (unpaired) electrons. The molecular weight excluding hydrogens is 501 g/mol. The van der Waals surface area contributed by atoms with Crippen molar-refractivity contribution in [3.05, 3.63) is 46.8 Å². The number of carbonyl (C=O) groups excluding carboxylic acids is 3. The lowest BCUT2D eigenvalue weighted by molar-refractivity contribution is -0.120. The summed E-state index contributed by atoms with van der Waals surface area (Å²) in [6.07, 6.45) is 3.69. The van der Waals surface area contributed by atoms with E-state index in [1.54, 1.807) is 0 Å². The number of aromatic amines is 1. The number of imidazole rings is 1. The third-order valence-electron chi connectivity index (χ3n) is 6.21. The van der Waals surface area contributed by atoms with Gasteiger partial charge in [0.1, 0.15) is 17.4 Å². The van der Waals surface area contributed by atoms with E-state index in [1.165, 1.54) is 23.4 Å². The smallest absolute Gasteiger partial charge is 0.273 e. The van der Waals surface area contributed by atoms with Crippen LogP contribution >= 0.6 is 11.6 Å². The van der Waals surface area contributed by atoms with Gasteiger partial charge in [0.2, 0.25) is 5.91 Å². The summed E-state index contributed by atoms with van der Waals surface area (Å²) in [6.45, 7) is 0.285. The average molecular weight is 526 g/mol. The normalized spacial score (nSPS) is 21.8. The number of nitrogens with zero attached hydrogens (tertiary/aromatic N) is 2. The minimum Gasteiger partial charge on any atom is -0.348 e. The number of benzene rings is 1. The number of amides is 3. The Morgan fingerprint density at radius 1 is 1.17 bits per heavy atom. The average Bonchev–Trinajstić information content (AvgIpc) is 3.30. The number of hydrogen-bond donors (Lipinski definition) is 3. The van der Waals surface area contributed by atoms with Crippen LogP contribution in [0, 0.1) is 11.7 Å². The predicted octanol–water partition coefficient (Wildman–Crippen LogP) is 2.35. The van der Waals surface area contributed by atoms with E-state index in [1.807, 2.05) is 0 Å². The number of nitrogens with one attached hydrogen (secondary N) is 3. The summed E-state index contributed by atoms with van der Waals surface area (Å²) in [5.41, 5.74) is 0.193. The highest BCUT2D eigenvalue weighted by Gasteiger charge is 2.32. The monoisotopic (exact) mass is 525 g/mol. The number of carbonyl (C=O) groups is 3. The Balaban J connectivity index is 1.31. The van der Waals surface area contributed by atoms with Crippen molar-refractivity contribution in [1.29, 1.82) is 0 Å². The van der Waals surface area contributed by atoms with Crippen LogP contribution in [0.4, 0.5) is 10.1 Å². The number of rotatable bonds is 5. The van der Waals surface area contributed by atoms with Gasteiger partial charge in [-0.15, -0.1) is 0 Å². The maximum atomic E-state index is 13.2. The molecule has 2 aromatic rings. The highest BCUT2D eigenvalue weighted by atomic mass is 35.5. The number of aromatic nitrogens is 2. The van der Waals surface area contributed by atoms with Gasteiger partial charge in [0, 0.05) is 18.5 Å². The highest BCUT2D eigenvalue weighted by Crippen LogP contribution is 2.28. The molecule has 2 heterocycles. The molecular formula is C22H25ClFN5O5S. The molecule has 1 saturated heterocycles. The zero-order chi connectivity index (χ0) is 25.2. The molecule has 3 N–H and O–H groups in total. The van der Waals surface area contributed by atoms with Gasteiger partial charge < -0.3 is 20.5 Å². The Kier molecular flexibility index (Phi) is 7.41. The van der Waals surface area contributed by atoms with Crippen LogP contribution in [0.3, 0.4) is 0 Å². The second kappa shape index (κ2) is 10.3. The molecule has 10 nitrogen and oxygen atoms in total. The van der Waals surface area contributed by atoms with Gasteiger partial charge in [-0.05, 0) is 50.3 Å². The van der Waals surface area contributed by atoms with Crippen LogP contribution in [0.15, 0.2) is 24.5 Å². The number of sulfone groups is 1. The molecule has 188 valence electrons. The van der Waals surface area contributed by atoms with Crippen molar-refractivity contribution in [2.24, 2.45) is 5.92 Å². The maximum Gasteiger partial charge on any atom is 0.273 e. The highest BCUT2D eigenvalue weighted by molar-refractivity contribution is 7.91. The summed E-state index contributed by atoms with van der Waals surface area (Å²) in [5.74, 6) is -2.48. The molecule has 0 unspecified atom stereocenters. The summed E-state index contributed by atoms with van der Waals surface area (Å²) < 4.78 is 36.9. The van der Waals surface area contributed by atoms with Crippen molar-refractivity contribution in [2.75, 3.05) is 23.5 Å². The van der Waals surface area contributed by atoms with Crippen LogP contribution < -0.4 is 10.6 Å². The summed E-state index contributed by atoms with van der Waals surface area (Å²) >= 11 is 5.97. The lowest BCUT2D eigenvalue weighted by Gasteiger charge is -2.28. The van der Waals surface area contributed by atoms with E-state index in [0.717, 1.165) is 6.07 Å². The van der Waals surface area contributed by atoms with Crippen LogP contribution in [0.5, 0.6) is 0 Å². The second-order valence-corrected chi connectivity index (χ2v) is 11.3. The second-order valence-electron chi connectivity index (χ2n) is 8.76. The molecule has 0 spiro atoms. The predicted molar refractivity (Wildman–Crippen MR) is 126 cm³/mol. The van der Waals surface area contributed by atoms with Crippen LogP contribution in [0.1, 0.15) is 53.1 Å². The van der Waals surface area contributed by atoms with E-state index in [2.05, 4.69) is 20.6 Å². The zero-order valence-corrected chi connectivity index (χ0v) is 20.3. The van der Waals surface area contributed by atoms with Crippen LogP contribution in [-0.2, 0) is 14.6 Å². The number of hydrogen-bond acceptors (Lipinski definition) is 6. The Labute approximate surface area is 206 Å². The van der Waals surface area contributed by atoms with E-state index in [9.17, 15) is 27.2 Å². The molecule has 1 aliphatic heterocycles. The topological polar surface area (TPSA) is 141 Å². The van der Waals surface area contributed by atoms with Crippen LogP contribution in [-0.4, -0.2) is 65.2 Å². The number of H-pyrrole nitrogens is 1. The maximum absolute atomic E-state index is 13.2. The van der Waals surface area contributed by atoms with Crippen molar-refractivity contribution < 1.29 is 27.2 Å². The number of halogens is 2. The van der Waals surface area contributed by atoms with Crippen molar-refractivity contribution in [3.63, 3.8) is 0 Å². The molecule has 1 aromatic heterocycles. The molecule has 0 bridgehead atoms. The van der Waals surface area contributed by atoms with Crippen LogP contribution in [0.25, 0.3) is 0 Å². The Morgan fingerprint density at radius 3 is 2.60 bits per heavy atom. The molecule has 35 heavy (non-hydrogen) atoms. The van der Waals surface area contributed by atoms with E-state index >= 15 is 0 Å². The largest absolute Gasteiger partial charge is 0.348 e. The minimum atomic E-state index is -3.35. The van der Waals surface area contributed by atoms with Gasteiger partial charge in [-0.1, -0.05) is 11.6 Å². The molecule has 1 saturated carbocycles. The van der Waals surface area contributed by atoms with E-state index in [4.69, 9.17) is 11.6 Å². The summed E-state index contributed by atoms with van der Waals surface area (Å²) in [7, 11) is -3.35. The quantitative estimate of drug-likeness (QED) is 0.547. The molecule has 2 fully saturated rings. The fraction of sp³-hybridized carbons (Fsp3) is 0.455. The van der Waals surface area contributed by atoms with Gasteiger partial charge >= 0.3 is 0 Å². The molecule has 0 atom stereocenters. The third-order valence-corrected chi connectivity index (χ3v) is 8.14. The fourth-order valence-electron chi connectivity index (χ4n) is 4.37. The SMILES string of the molecule is O=C(NC1CCC(C(=O)Nc2ccc(F)cc2Cl)CC1)c1nc[nH]c1C(=O)N1CCCS(=O)(=O)C1. The first-order chi connectivity index (χ1) is 16.6. The lowest BCUT2D eigenvalue weighted by atomic mass is 9.85. The Hall–Kier alpha value is -2.99. The molecule has 3 amide bonds. The fourth-order valence-corrected chi connectivity index (χ4v) is 6.00. The first-order valence-corrected chi connectivity index (χ1v) is 13.4. The first kappa shape index (κ1) is 25.1. The van der Waals surface area contributed by atoms with Gasteiger partial charge in [0.05, 0.1) is 22.8 Å². The van der Waals surface area contributed by atoms with Crippen molar-refractivity contribution in [1.82, 2.24) is 20.2 Å². The summed E-state index contributed by atoms with van der Waals surface area (Å²) in [5, 5.41) is 5.69. The van der Waals surface area contributed by atoms with Gasteiger partial charge in [-0.25, -0.2) is 17.8 Å². The minimum absolute atomic E-state index is 0.0325. The van der Waals surface area contributed by atoms with Crippen molar-refractivity contribution in [3.8, 4) is 0 Å². The summed E-state index contributed by atoms with van der Waals surface area (Å²) in [4.78, 5) is 46.0. The first-order valence-electron chi connectivity index (χ1n) is 11.2. The van der Waals surface area contributed by atoms with Gasteiger partial charge in [0.15, 0.2) is 15.5 Å². The Morgan fingerprint density at radius 2 is 1.91 bits per heavy atom. The summed E-state index contributed by atoms with van der Waals surface area (Å²) in [6, 6.07) is 3.54. The van der Waals surface area contributed by atoms with Crippen molar-refractivity contribution >= 4 is 44.8 Å². The van der Waals surface area contributed by atoms with E-state index in [0.29, 0.717) is 37.8 Å². The van der Waals surface area contributed by atoms with Gasteiger partial charge in [-0.3, -0.25) is 14.4 Å². The molecule has 4 rings (SSSR count). The molecule has 13 heteroatoms. The molecule has 1 aliphatic carbocycles. The molecule has 2 aliphatic rings. The van der Waals surface area contributed by atoms with Gasteiger partial charge in [0.25, 0.3) is 11.8 Å². The van der Waals surface area contributed by atoms with E-state index in [-0.39, 0.29) is 52.5 Å². The van der Waals surface area contributed by atoms with Crippen molar-refractivity contribution in [2.45, 2.75) is 38.1 Å². The lowest BCUT2D eigenvalue weighted by Crippen LogP contribution is -2.43. The standard InChI is InChI=1S/C22H25ClFN5O5S/c23-16-10-14(24)4-7-17(16)28-20(30)13-2-5-15(6-3-13)27-21(31)18-19(26-11-25-18)22(32)29-8-1-9-35(33,34)12-29/h4,7,10-11,13,15H,1-3,5-6,8-9,12H2,(H,25,26)(H,27,31)(H,28,30). The zero-order valence-electron chi connectivity index (χ0n) is 18.7. The molecule has 1 aromatic carbocycles.